The number of carbonyl (C=O) groups is 1. The smallest absolute Gasteiger partial charge is 0.311 e. The van der Waals surface area contributed by atoms with Crippen LogP contribution < -0.4 is 0 Å². The SMILES string of the molecule is O=C1O[C@@H]2[C@H]3[C@H]([C@@H]1C[C@H]2O)N(Cc1ccco1)C(=S)N3CC1CCCCC1. The fourth-order valence-corrected chi connectivity index (χ4v) is 5.96. The van der Waals surface area contributed by atoms with Crippen molar-refractivity contribution < 1.29 is 19.1 Å². The third kappa shape index (κ3) is 2.86. The molecule has 0 spiro atoms. The molecule has 5 fully saturated rings. The minimum Gasteiger partial charge on any atom is -0.467 e. The average molecular weight is 391 g/mol. The van der Waals surface area contributed by atoms with E-state index in [2.05, 4.69) is 9.80 Å². The minimum atomic E-state index is -0.603. The second-order valence-electron chi connectivity index (χ2n) is 8.44. The number of aliphatic hydroxyl groups is 1. The normalized spacial score (nSPS) is 36.3. The number of aliphatic hydroxyl groups excluding tert-OH is 1. The zero-order chi connectivity index (χ0) is 18.5. The van der Waals surface area contributed by atoms with Crippen LogP contribution in [0, 0.1) is 11.8 Å². The van der Waals surface area contributed by atoms with E-state index in [1.165, 1.54) is 32.1 Å². The summed E-state index contributed by atoms with van der Waals surface area (Å²) in [6.45, 7) is 1.45. The van der Waals surface area contributed by atoms with Gasteiger partial charge in [-0.1, -0.05) is 19.3 Å². The Morgan fingerprint density at radius 1 is 1.19 bits per heavy atom. The number of thiocarbonyl (C=S) groups is 1. The Bertz CT molecular complexity index is 718. The van der Waals surface area contributed by atoms with E-state index in [-0.39, 0.29) is 24.0 Å². The molecule has 1 aromatic heterocycles. The lowest BCUT2D eigenvalue weighted by molar-refractivity contribution is -0.199. The predicted octanol–water partition coefficient (Wildman–Crippen LogP) is 2.31. The van der Waals surface area contributed by atoms with Gasteiger partial charge in [0.25, 0.3) is 0 Å². The molecular formula is C20H26N2O4S. The number of nitrogens with zero attached hydrogens (tertiary/aromatic N) is 2. The van der Waals surface area contributed by atoms with Crippen molar-refractivity contribution in [1.82, 2.24) is 9.80 Å². The highest BCUT2D eigenvalue weighted by Crippen LogP contribution is 2.45. The van der Waals surface area contributed by atoms with Gasteiger partial charge < -0.3 is 24.1 Å². The van der Waals surface area contributed by atoms with E-state index >= 15 is 0 Å². The van der Waals surface area contributed by atoms with Gasteiger partial charge in [-0.3, -0.25) is 4.79 Å². The van der Waals surface area contributed by atoms with Crippen LogP contribution in [-0.2, 0) is 16.1 Å². The number of esters is 1. The van der Waals surface area contributed by atoms with Crippen LogP contribution in [0.15, 0.2) is 22.8 Å². The third-order valence-corrected chi connectivity index (χ3v) is 7.29. The molecule has 1 aromatic rings. The lowest BCUT2D eigenvalue weighted by Gasteiger charge is -2.49. The van der Waals surface area contributed by atoms with E-state index in [0.29, 0.717) is 18.9 Å². The predicted molar refractivity (Wildman–Crippen MR) is 102 cm³/mol. The summed E-state index contributed by atoms with van der Waals surface area (Å²) in [5.41, 5.74) is 0. The standard InChI is InChI=1S/C20H26N2O4S/c23-15-9-14-16-17(18(15)26-19(14)24)21(10-12-5-2-1-3-6-12)20(27)22(16)11-13-7-4-8-25-13/h4,7-8,12,14-18,23H,1-3,5-6,9-11H2/t14-,15+,16-,17+,18-/m0/s1. The van der Waals surface area contributed by atoms with Crippen LogP contribution in [0.2, 0.25) is 0 Å². The molecule has 7 heteroatoms. The highest BCUT2D eigenvalue weighted by atomic mass is 32.1. The Morgan fingerprint density at radius 2 is 2.00 bits per heavy atom. The summed E-state index contributed by atoms with van der Waals surface area (Å²) >= 11 is 5.89. The summed E-state index contributed by atoms with van der Waals surface area (Å²) in [7, 11) is 0. The summed E-state index contributed by atoms with van der Waals surface area (Å²) in [6, 6.07) is 3.72. The van der Waals surface area contributed by atoms with Crippen molar-refractivity contribution in [1.29, 1.82) is 0 Å². The molecule has 0 amide bonds. The number of hydrogen-bond acceptors (Lipinski definition) is 5. The largest absolute Gasteiger partial charge is 0.467 e. The lowest BCUT2D eigenvalue weighted by Crippen LogP contribution is -2.66. The Kier molecular flexibility index (Phi) is 4.39. The second-order valence-corrected chi connectivity index (χ2v) is 8.80. The number of hydrogen-bond donors (Lipinski definition) is 1. The maximum absolute atomic E-state index is 12.5. The second kappa shape index (κ2) is 6.78. The zero-order valence-corrected chi connectivity index (χ0v) is 16.1. The van der Waals surface area contributed by atoms with Gasteiger partial charge in [-0.15, -0.1) is 0 Å². The topological polar surface area (TPSA) is 66.2 Å². The monoisotopic (exact) mass is 390 g/mol. The van der Waals surface area contributed by atoms with Crippen LogP contribution in [0.25, 0.3) is 0 Å². The Labute approximate surface area is 164 Å². The number of fused-ring (bicyclic) bond motifs is 2. The van der Waals surface area contributed by atoms with Crippen LogP contribution in [0.4, 0.5) is 0 Å². The van der Waals surface area contributed by atoms with Gasteiger partial charge in [0, 0.05) is 6.54 Å². The number of ether oxygens (including phenoxy) is 1. The Morgan fingerprint density at radius 3 is 2.74 bits per heavy atom. The molecule has 1 N–H and O–H groups in total. The van der Waals surface area contributed by atoms with Crippen molar-refractivity contribution in [3.63, 3.8) is 0 Å². The molecule has 3 saturated heterocycles. The number of rotatable bonds is 4. The summed E-state index contributed by atoms with van der Waals surface area (Å²) in [4.78, 5) is 16.8. The highest BCUT2D eigenvalue weighted by Gasteiger charge is 2.62. The molecule has 146 valence electrons. The van der Waals surface area contributed by atoms with E-state index in [1.807, 2.05) is 12.1 Å². The van der Waals surface area contributed by atoms with Crippen LogP contribution in [0.1, 0.15) is 44.3 Å². The molecule has 6 nitrogen and oxygen atoms in total. The summed E-state index contributed by atoms with van der Waals surface area (Å²) in [5.74, 6) is 0.928. The lowest BCUT2D eigenvalue weighted by atomic mass is 9.74. The van der Waals surface area contributed by atoms with Crippen molar-refractivity contribution in [2.75, 3.05) is 6.54 Å². The van der Waals surface area contributed by atoms with Gasteiger partial charge in [-0.2, -0.15) is 0 Å². The van der Waals surface area contributed by atoms with E-state index in [1.54, 1.807) is 6.26 Å². The van der Waals surface area contributed by atoms with Gasteiger partial charge >= 0.3 is 5.97 Å². The van der Waals surface area contributed by atoms with Crippen LogP contribution in [0.5, 0.6) is 0 Å². The third-order valence-electron chi connectivity index (χ3n) is 6.83. The summed E-state index contributed by atoms with van der Waals surface area (Å²) < 4.78 is 11.2. The van der Waals surface area contributed by atoms with E-state index < -0.39 is 12.2 Å². The molecule has 2 saturated carbocycles. The summed E-state index contributed by atoms with van der Waals surface area (Å²) in [5, 5.41) is 11.3. The first-order valence-electron chi connectivity index (χ1n) is 10.1. The van der Waals surface area contributed by atoms with Crippen LogP contribution in [0.3, 0.4) is 0 Å². The Hall–Kier alpha value is -1.60. The van der Waals surface area contributed by atoms with E-state index in [0.717, 1.165) is 17.4 Å². The fourth-order valence-electron chi connectivity index (χ4n) is 5.57. The fraction of sp³-hybridized carbons (Fsp3) is 0.700. The first kappa shape index (κ1) is 17.5. The molecule has 0 radical (unpaired) electrons. The van der Waals surface area contributed by atoms with Gasteiger partial charge in [0.05, 0.1) is 36.9 Å². The molecular weight excluding hydrogens is 364 g/mol. The summed E-state index contributed by atoms with van der Waals surface area (Å²) in [6.07, 6.45) is 7.35. The molecule has 5 aliphatic rings. The molecule has 27 heavy (non-hydrogen) atoms. The molecule has 2 aliphatic carbocycles. The van der Waals surface area contributed by atoms with Gasteiger partial charge in [0.15, 0.2) is 5.11 Å². The van der Waals surface area contributed by atoms with E-state index in [9.17, 15) is 9.90 Å². The molecule has 4 heterocycles. The van der Waals surface area contributed by atoms with Gasteiger partial charge in [0.1, 0.15) is 11.9 Å². The van der Waals surface area contributed by atoms with Crippen LogP contribution in [-0.4, -0.2) is 56.8 Å². The highest BCUT2D eigenvalue weighted by molar-refractivity contribution is 7.80. The van der Waals surface area contributed by atoms with Crippen molar-refractivity contribution in [2.24, 2.45) is 11.8 Å². The average Bonchev–Trinajstić information content (AvgIpc) is 3.27. The molecule has 0 unspecified atom stereocenters. The van der Waals surface area contributed by atoms with Crippen molar-refractivity contribution in [3.8, 4) is 0 Å². The number of carbonyl (C=O) groups excluding carboxylic acids is 1. The van der Waals surface area contributed by atoms with Crippen molar-refractivity contribution in [3.05, 3.63) is 24.2 Å². The minimum absolute atomic E-state index is 0.0409. The maximum Gasteiger partial charge on any atom is 0.311 e. The van der Waals surface area contributed by atoms with Gasteiger partial charge in [0.2, 0.25) is 0 Å². The van der Waals surface area contributed by atoms with E-state index in [4.69, 9.17) is 21.4 Å². The quantitative estimate of drug-likeness (QED) is 0.625. The number of furan rings is 1. The molecule has 0 aromatic carbocycles. The molecule has 2 bridgehead atoms. The molecule has 3 aliphatic heterocycles. The van der Waals surface area contributed by atoms with Gasteiger partial charge in [-0.25, -0.2) is 0 Å². The first-order valence-corrected chi connectivity index (χ1v) is 10.5. The molecule has 5 atom stereocenters. The van der Waals surface area contributed by atoms with Crippen molar-refractivity contribution >= 4 is 23.3 Å². The van der Waals surface area contributed by atoms with Crippen molar-refractivity contribution in [2.45, 2.75) is 69.4 Å². The molecule has 6 rings (SSSR count). The maximum atomic E-state index is 12.5. The van der Waals surface area contributed by atoms with Crippen LogP contribution >= 0.6 is 12.2 Å². The Balaban J connectivity index is 1.46. The van der Waals surface area contributed by atoms with Gasteiger partial charge in [-0.05, 0) is 49.5 Å². The zero-order valence-electron chi connectivity index (χ0n) is 15.3. The first-order chi connectivity index (χ1) is 13.1.